The fourth-order valence-corrected chi connectivity index (χ4v) is 1.40. The predicted molar refractivity (Wildman–Crippen MR) is 35.1 cm³/mol. The van der Waals surface area contributed by atoms with Crippen molar-refractivity contribution in [1.29, 1.82) is 0 Å². The zero-order valence-corrected chi connectivity index (χ0v) is 5.42. The van der Waals surface area contributed by atoms with Crippen LogP contribution in [0.1, 0.15) is 6.42 Å². The van der Waals surface area contributed by atoms with Crippen molar-refractivity contribution in [2.24, 2.45) is 0 Å². The van der Waals surface area contributed by atoms with Crippen molar-refractivity contribution in [1.82, 2.24) is 4.90 Å². The van der Waals surface area contributed by atoms with Gasteiger partial charge in [0.05, 0.1) is 13.3 Å². The van der Waals surface area contributed by atoms with E-state index in [9.17, 15) is 0 Å². The van der Waals surface area contributed by atoms with Crippen LogP contribution in [0.5, 0.6) is 0 Å². The van der Waals surface area contributed by atoms with Crippen molar-refractivity contribution in [3.05, 3.63) is 12.2 Å². The van der Waals surface area contributed by atoms with Gasteiger partial charge in [-0.2, -0.15) is 0 Å². The monoisotopic (exact) mass is 125 g/mol. The fourth-order valence-electron chi connectivity index (χ4n) is 1.40. The van der Waals surface area contributed by atoms with Gasteiger partial charge in [0, 0.05) is 12.6 Å². The Morgan fingerprint density at radius 3 is 3.33 bits per heavy atom. The van der Waals surface area contributed by atoms with Crippen LogP contribution in [0.15, 0.2) is 12.2 Å². The molecule has 0 saturated carbocycles. The zero-order valence-electron chi connectivity index (χ0n) is 5.42. The summed E-state index contributed by atoms with van der Waals surface area (Å²) in [5.74, 6) is 0. The lowest BCUT2D eigenvalue weighted by Gasteiger charge is -2.22. The molecule has 0 aliphatic carbocycles. The van der Waals surface area contributed by atoms with Crippen molar-refractivity contribution in [2.45, 2.75) is 12.5 Å². The van der Waals surface area contributed by atoms with Crippen molar-refractivity contribution in [2.75, 3.05) is 19.9 Å². The first kappa shape index (κ1) is 5.45. The molecule has 1 atom stereocenters. The molecule has 0 aromatic carbocycles. The lowest BCUT2D eigenvalue weighted by atomic mass is 10.1. The highest BCUT2D eigenvalue weighted by Gasteiger charge is 2.24. The SMILES string of the molecule is C1=CCN2COCC2C1. The Bertz CT molecular complexity index is 119. The Labute approximate surface area is 55.1 Å². The summed E-state index contributed by atoms with van der Waals surface area (Å²) in [7, 11) is 0. The molecule has 2 nitrogen and oxygen atoms in total. The molecule has 2 heteroatoms. The van der Waals surface area contributed by atoms with Gasteiger partial charge >= 0.3 is 0 Å². The third kappa shape index (κ3) is 0.884. The molecule has 0 N–H and O–H groups in total. The summed E-state index contributed by atoms with van der Waals surface area (Å²) in [6.45, 7) is 2.87. The first-order valence-corrected chi connectivity index (χ1v) is 3.43. The van der Waals surface area contributed by atoms with E-state index in [2.05, 4.69) is 17.1 Å². The first-order chi connectivity index (χ1) is 4.47. The van der Waals surface area contributed by atoms with Crippen LogP contribution in [-0.2, 0) is 4.74 Å². The van der Waals surface area contributed by atoms with Crippen LogP contribution in [0, 0.1) is 0 Å². The highest BCUT2D eigenvalue weighted by Crippen LogP contribution is 2.16. The average Bonchev–Trinajstić information content (AvgIpc) is 2.33. The predicted octanol–water partition coefficient (Wildman–Crippen LogP) is 0.605. The highest BCUT2D eigenvalue weighted by molar-refractivity contribution is 4.96. The maximum absolute atomic E-state index is 5.28. The van der Waals surface area contributed by atoms with Crippen LogP contribution < -0.4 is 0 Å². The van der Waals surface area contributed by atoms with Gasteiger partial charge < -0.3 is 4.74 Å². The molecule has 2 aliphatic heterocycles. The second kappa shape index (κ2) is 2.12. The van der Waals surface area contributed by atoms with Crippen LogP contribution >= 0.6 is 0 Å². The van der Waals surface area contributed by atoms with E-state index in [0.717, 1.165) is 19.9 Å². The zero-order chi connectivity index (χ0) is 6.10. The molecule has 0 aromatic heterocycles. The van der Waals surface area contributed by atoms with Crippen LogP contribution in [0.3, 0.4) is 0 Å². The number of hydrogen-bond donors (Lipinski definition) is 0. The molecule has 0 radical (unpaired) electrons. The third-order valence-electron chi connectivity index (χ3n) is 2.00. The number of nitrogens with zero attached hydrogens (tertiary/aromatic N) is 1. The van der Waals surface area contributed by atoms with Gasteiger partial charge in [0.15, 0.2) is 0 Å². The van der Waals surface area contributed by atoms with E-state index in [1.165, 1.54) is 6.42 Å². The molecule has 50 valence electrons. The maximum Gasteiger partial charge on any atom is 0.0996 e. The summed E-state index contributed by atoms with van der Waals surface area (Å²) >= 11 is 0. The molecule has 0 bridgehead atoms. The molecule has 1 unspecified atom stereocenters. The third-order valence-corrected chi connectivity index (χ3v) is 2.00. The minimum atomic E-state index is 0.690. The molecule has 1 fully saturated rings. The molecule has 0 aromatic rings. The normalized spacial score (nSPS) is 34.9. The molecule has 9 heavy (non-hydrogen) atoms. The first-order valence-electron chi connectivity index (χ1n) is 3.43. The number of rotatable bonds is 0. The minimum absolute atomic E-state index is 0.690. The van der Waals surface area contributed by atoms with Crippen LogP contribution in [0.25, 0.3) is 0 Å². The standard InChI is InChI=1S/C7H11NO/c1-2-4-8-6-9-5-7(8)3-1/h1-2,7H,3-6H2. The Hall–Kier alpha value is -0.340. The van der Waals surface area contributed by atoms with Crippen molar-refractivity contribution in [3.8, 4) is 0 Å². The summed E-state index contributed by atoms with van der Waals surface area (Å²) in [6, 6.07) is 0.690. The van der Waals surface area contributed by atoms with E-state index in [1.807, 2.05) is 0 Å². The van der Waals surface area contributed by atoms with E-state index in [4.69, 9.17) is 4.74 Å². The van der Waals surface area contributed by atoms with E-state index < -0.39 is 0 Å². The van der Waals surface area contributed by atoms with E-state index in [-0.39, 0.29) is 0 Å². The Morgan fingerprint density at radius 2 is 2.44 bits per heavy atom. The van der Waals surface area contributed by atoms with E-state index in [0.29, 0.717) is 6.04 Å². The Morgan fingerprint density at radius 1 is 1.44 bits per heavy atom. The lowest BCUT2D eigenvalue weighted by molar-refractivity contribution is 0.145. The van der Waals surface area contributed by atoms with Gasteiger partial charge in [0.1, 0.15) is 0 Å². The molecule has 0 amide bonds. The summed E-state index contributed by atoms with van der Waals surface area (Å²) in [6.07, 6.45) is 5.64. The van der Waals surface area contributed by atoms with Gasteiger partial charge in [-0.15, -0.1) is 0 Å². The Balaban J connectivity index is 2.07. The Kier molecular flexibility index (Phi) is 1.28. The second-order valence-electron chi connectivity index (χ2n) is 2.63. The number of ether oxygens (including phenoxy) is 1. The quantitative estimate of drug-likeness (QED) is 0.440. The van der Waals surface area contributed by atoms with Gasteiger partial charge in [0.25, 0.3) is 0 Å². The highest BCUT2D eigenvalue weighted by atomic mass is 16.5. The van der Waals surface area contributed by atoms with Crippen LogP contribution in [-0.4, -0.2) is 30.8 Å². The lowest BCUT2D eigenvalue weighted by Crippen LogP contribution is -2.32. The number of fused-ring (bicyclic) bond motifs is 1. The van der Waals surface area contributed by atoms with E-state index in [1.54, 1.807) is 0 Å². The van der Waals surface area contributed by atoms with Crippen LogP contribution in [0.4, 0.5) is 0 Å². The van der Waals surface area contributed by atoms with Crippen molar-refractivity contribution in [3.63, 3.8) is 0 Å². The molecule has 2 aliphatic rings. The topological polar surface area (TPSA) is 12.5 Å². The summed E-state index contributed by atoms with van der Waals surface area (Å²) in [4.78, 5) is 2.36. The van der Waals surface area contributed by atoms with Gasteiger partial charge in [-0.25, -0.2) is 0 Å². The largest absolute Gasteiger partial charge is 0.364 e. The molecular formula is C7H11NO. The summed E-state index contributed by atoms with van der Waals surface area (Å²) in [5.41, 5.74) is 0. The average molecular weight is 125 g/mol. The number of hydrogen-bond acceptors (Lipinski definition) is 2. The molecular weight excluding hydrogens is 114 g/mol. The second-order valence-corrected chi connectivity index (χ2v) is 2.63. The fraction of sp³-hybridized carbons (Fsp3) is 0.714. The van der Waals surface area contributed by atoms with Gasteiger partial charge in [-0.1, -0.05) is 12.2 Å². The molecule has 2 heterocycles. The van der Waals surface area contributed by atoms with Gasteiger partial charge in [0.2, 0.25) is 0 Å². The van der Waals surface area contributed by atoms with Gasteiger partial charge in [-0.3, -0.25) is 4.90 Å². The maximum atomic E-state index is 5.28. The van der Waals surface area contributed by atoms with E-state index >= 15 is 0 Å². The summed E-state index contributed by atoms with van der Waals surface area (Å²) < 4.78 is 5.28. The summed E-state index contributed by atoms with van der Waals surface area (Å²) in [5, 5.41) is 0. The molecule has 0 spiro atoms. The van der Waals surface area contributed by atoms with Crippen molar-refractivity contribution >= 4 is 0 Å². The van der Waals surface area contributed by atoms with Crippen molar-refractivity contribution < 1.29 is 4.74 Å². The van der Waals surface area contributed by atoms with Crippen LogP contribution in [0.2, 0.25) is 0 Å². The minimum Gasteiger partial charge on any atom is -0.364 e. The van der Waals surface area contributed by atoms with Gasteiger partial charge in [-0.05, 0) is 6.42 Å². The smallest absolute Gasteiger partial charge is 0.0996 e. The molecule has 1 saturated heterocycles. The molecule has 2 rings (SSSR count).